The number of hydrogen-bond acceptors (Lipinski definition) is 3. The number of nitrogens with one attached hydrogen (secondary N) is 1. The smallest absolute Gasteiger partial charge is 0.317 e. The molecule has 0 saturated carbocycles. The van der Waals surface area contributed by atoms with E-state index in [0.29, 0.717) is 19.5 Å². The predicted molar refractivity (Wildman–Crippen MR) is 71.1 cm³/mol. The van der Waals surface area contributed by atoms with Crippen molar-refractivity contribution in [2.75, 3.05) is 13.1 Å². The van der Waals surface area contributed by atoms with Gasteiger partial charge in [-0.25, -0.2) is 4.79 Å². The Balaban J connectivity index is 2.46. The van der Waals surface area contributed by atoms with Gasteiger partial charge in [-0.1, -0.05) is 0 Å². The number of urea groups is 1. The van der Waals surface area contributed by atoms with Crippen LogP contribution < -0.4 is 5.32 Å². The summed E-state index contributed by atoms with van der Waals surface area (Å²) in [6.07, 6.45) is 0.500. The van der Waals surface area contributed by atoms with Gasteiger partial charge in [-0.05, 0) is 34.1 Å². The third kappa shape index (κ3) is 5.46. The number of nitrogens with zero attached hydrogens (tertiary/aromatic N) is 1. The lowest BCUT2D eigenvalue weighted by Crippen LogP contribution is -2.57. The standard InChI is InChI=1S/C13H24N2O4/c1-9(5-6-11(16)17)14-12(18)15-7-10(2)19-13(3,4)8-15/h9-10H,5-8H2,1-4H3,(H,14,18)(H,16,17). The largest absolute Gasteiger partial charge is 0.481 e. The Morgan fingerprint density at radius 3 is 2.68 bits per heavy atom. The zero-order valence-corrected chi connectivity index (χ0v) is 12.1. The fraction of sp³-hybridized carbons (Fsp3) is 0.846. The van der Waals surface area contributed by atoms with Gasteiger partial charge in [0.05, 0.1) is 18.2 Å². The highest BCUT2D eigenvalue weighted by Crippen LogP contribution is 2.20. The first-order chi connectivity index (χ1) is 8.69. The summed E-state index contributed by atoms with van der Waals surface area (Å²) in [5.41, 5.74) is -0.348. The molecule has 1 fully saturated rings. The molecular formula is C13H24N2O4. The van der Waals surface area contributed by atoms with Crippen LogP contribution in [0, 0.1) is 0 Å². The van der Waals surface area contributed by atoms with Gasteiger partial charge in [0.25, 0.3) is 0 Å². The number of amides is 2. The minimum absolute atomic E-state index is 0.00354. The van der Waals surface area contributed by atoms with Crippen LogP contribution in [0.3, 0.4) is 0 Å². The first-order valence-electron chi connectivity index (χ1n) is 6.64. The van der Waals surface area contributed by atoms with E-state index in [-0.39, 0.29) is 30.2 Å². The van der Waals surface area contributed by atoms with Crippen molar-refractivity contribution in [3.05, 3.63) is 0 Å². The topological polar surface area (TPSA) is 78.9 Å². The molecule has 0 spiro atoms. The molecule has 2 N–H and O–H groups in total. The van der Waals surface area contributed by atoms with Gasteiger partial charge in [0.15, 0.2) is 0 Å². The summed E-state index contributed by atoms with van der Waals surface area (Å²) in [7, 11) is 0. The fourth-order valence-electron chi connectivity index (χ4n) is 2.32. The van der Waals surface area contributed by atoms with Crippen molar-refractivity contribution in [2.45, 2.75) is 58.3 Å². The zero-order valence-electron chi connectivity index (χ0n) is 12.1. The van der Waals surface area contributed by atoms with E-state index in [1.54, 1.807) is 4.90 Å². The highest BCUT2D eigenvalue weighted by Gasteiger charge is 2.33. The third-order valence-electron chi connectivity index (χ3n) is 3.02. The van der Waals surface area contributed by atoms with E-state index in [0.717, 1.165) is 0 Å². The lowest BCUT2D eigenvalue weighted by atomic mass is 10.1. The maximum Gasteiger partial charge on any atom is 0.317 e. The van der Waals surface area contributed by atoms with Crippen molar-refractivity contribution in [1.82, 2.24) is 10.2 Å². The predicted octanol–water partition coefficient (Wildman–Crippen LogP) is 1.45. The van der Waals surface area contributed by atoms with Crippen LogP contribution in [0.4, 0.5) is 4.79 Å². The number of hydrogen-bond donors (Lipinski definition) is 2. The van der Waals surface area contributed by atoms with E-state index in [2.05, 4.69) is 5.32 Å². The minimum atomic E-state index is -0.845. The quantitative estimate of drug-likeness (QED) is 0.812. The molecule has 6 heteroatoms. The molecule has 0 aromatic rings. The summed E-state index contributed by atoms with van der Waals surface area (Å²) in [6, 6.07) is -0.300. The van der Waals surface area contributed by atoms with E-state index < -0.39 is 5.97 Å². The van der Waals surface area contributed by atoms with Crippen molar-refractivity contribution < 1.29 is 19.4 Å². The first-order valence-corrected chi connectivity index (χ1v) is 6.64. The van der Waals surface area contributed by atoms with Crippen LogP contribution in [0.25, 0.3) is 0 Å². The summed E-state index contributed by atoms with van der Waals surface area (Å²) >= 11 is 0. The second kappa shape index (κ2) is 6.23. The molecule has 6 nitrogen and oxygen atoms in total. The van der Waals surface area contributed by atoms with Crippen LogP contribution in [-0.2, 0) is 9.53 Å². The van der Waals surface area contributed by atoms with Crippen LogP contribution in [0.5, 0.6) is 0 Å². The van der Waals surface area contributed by atoms with Crippen molar-refractivity contribution >= 4 is 12.0 Å². The van der Waals surface area contributed by atoms with Gasteiger partial charge in [-0.15, -0.1) is 0 Å². The number of carbonyl (C=O) groups is 2. The molecule has 0 aliphatic carbocycles. The monoisotopic (exact) mass is 272 g/mol. The molecule has 2 amide bonds. The highest BCUT2D eigenvalue weighted by molar-refractivity contribution is 5.75. The van der Waals surface area contributed by atoms with Crippen molar-refractivity contribution in [2.24, 2.45) is 0 Å². The van der Waals surface area contributed by atoms with E-state index >= 15 is 0 Å². The Bertz CT molecular complexity index is 344. The molecule has 110 valence electrons. The molecule has 1 aliphatic heterocycles. The second-order valence-corrected chi connectivity index (χ2v) is 5.85. The summed E-state index contributed by atoms with van der Waals surface area (Å²) in [4.78, 5) is 24.3. The Hall–Kier alpha value is -1.30. The first kappa shape index (κ1) is 15.8. The van der Waals surface area contributed by atoms with E-state index in [4.69, 9.17) is 9.84 Å². The molecule has 2 atom stereocenters. The summed E-state index contributed by atoms with van der Waals surface area (Å²) in [5.74, 6) is -0.845. The van der Waals surface area contributed by atoms with E-state index in [9.17, 15) is 9.59 Å². The zero-order chi connectivity index (χ0) is 14.6. The average Bonchev–Trinajstić information content (AvgIpc) is 2.23. The van der Waals surface area contributed by atoms with Gasteiger partial charge in [0, 0.05) is 19.0 Å². The summed E-state index contributed by atoms with van der Waals surface area (Å²) in [5, 5.41) is 11.4. The van der Waals surface area contributed by atoms with Crippen LogP contribution in [0.1, 0.15) is 40.5 Å². The molecule has 0 aromatic heterocycles. The van der Waals surface area contributed by atoms with Gasteiger partial charge < -0.3 is 20.1 Å². The summed E-state index contributed by atoms with van der Waals surface area (Å²) < 4.78 is 5.74. The lowest BCUT2D eigenvalue weighted by molar-refractivity contribution is -0.137. The fourth-order valence-corrected chi connectivity index (χ4v) is 2.32. The van der Waals surface area contributed by atoms with Crippen LogP contribution in [0.15, 0.2) is 0 Å². The van der Waals surface area contributed by atoms with Gasteiger partial charge in [0.1, 0.15) is 0 Å². The minimum Gasteiger partial charge on any atom is -0.481 e. The number of ether oxygens (including phenoxy) is 1. The molecule has 0 bridgehead atoms. The maximum atomic E-state index is 12.1. The van der Waals surface area contributed by atoms with Crippen LogP contribution >= 0.6 is 0 Å². The number of carboxylic acid groups (broad SMARTS) is 1. The van der Waals surface area contributed by atoms with Gasteiger partial charge in [0.2, 0.25) is 0 Å². The molecule has 1 saturated heterocycles. The number of aliphatic carboxylic acids is 1. The van der Waals surface area contributed by atoms with E-state index in [1.165, 1.54) is 0 Å². The average molecular weight is 272 g/mol. The molecule has 1 heterocycles. The van der Waals surface area contributed by atoms with E-state index in [1.807, 2.05) is 27.7 Å². The van der Waals surface area contributed by atoms with Crippen molar-refractivity contribution in [1.29, 1.82) is 0 Å². The lowest BCUT2D eigenvalue weighted by Gasteiger charge is -2.41. The molecule has 19 heavy (non-hydrogen) atoms. The Morgan fingerprint density at radius 2 is 2.16 bits per heavy atom. The second-order valence-electron chi connectivity index (χ2n) is 5.85. The Kier molecular flexibility index (Phi) is 5.17. The third-order valence-corrected chi connectivity index (χ3v) is 3.02. The molecule has 0 radical (unpaired) electrons. The molecule has 1 aliphatic rings. The van der Waals surface area contributed by atoms with Crippen LogP contribution in [-0.4, -0.2) is 52.8 Å². The molecule has 0 aromatic carbocycles. The number of carbonyl (C=O) groups excluding carboxylic acids is 1. The number of rotatable bonds is 4. The maximum absolute atomic E-state index is 12.1. The normalized spacial score (nSPS) is 23.8. The summed E-state index contributed by atoms with van der Waals surface area (Å²) in [6.45, 7) is 8.76. The Labute approximate surface area is 114 Å². The Morgan fingerprint density at radius 1 is 1.53 bits per heavy atom. The van der Waals surface area contributed by atoms with Gasteiger partial charge in [-0.2, -0.15) is 0 Å². The van der Waals surface area contributed by atoms with Crippen LogP contribution in [0.2, 0.25) is 0 Å². The highest BCUT2D eigenvalue weighted by atomic mass is 16.5. The van der Waals surface area contributed by atoms with Crippen molar-refractivity contribution in [3.63, 3.8) is 0 Å². The number of morpholine rings is 1. The molecule has 1 rings (SSSR count). The van der Waals surface area contributed by atoms with Gasteiger partial charge >= 0.3 is 12.0 Å². The van der Waals surface area contributed by atoms with Crippen molar-refractivity contribution in [3.8, 4) is 0 Å². The van der Waals surface area contributed by atoms with Gasteiger partial charge in [-0.3, -0.25) is 4.79 Å². The SMILES string of the molecule is CC(CCC(=O)O)NC(=O)N1CC(C)OC(C)(C)C1. The molecular weight excluding hydrogens is 248 g/mol. The molecule has 2 unspecified atom stereocenters. The number of carboxylic acids is 1.